The van der Waals surface area contributed by atoms with E-state index in [-0.39, 0.29) is 21.1 Å². The second-order valence-corrected chi connectivity index (χ2v) is 7.36. The van der Waals surface area contributed by atoms with E-state index < -0.39 is 15.8 Å². The van der Waals surface area contributed by atoms with Crippen LogP contribution in [0.5, 0.6) is 0 Å². The Bertz CT molecular complexity index is 564. The van der Waals surface area contributed by atoms with Gasteiger partial charge in [-0.3, -0.25) is 0 Å². The molecule has 0 bridgehead atoms. The van der Waals surface area contributed by atoms with Gasteiger partial charge in [0.05, 0.1) is 10.2 Å². The van der Waals surface area contributed by atoms with E-state index >= 15 is 0 Å². The summed E-state index contributed by atoms with van der Waals surface area (Å²) in [6.07, 6.45) is 3.87. The van der Waals surface area contributed by atoms with E-state index in [0.717, 1.165) is 31.7 Å². The van der Waals surface area contributed by atoms with Crippen LogP contribution >= 0.6 is 15.9 Å². The number of hydrogen-bond donors (Lipinski definition) is 2. The summed E-state index contributed by atoms with van der Waals surface area (Å²) < 4.78 is 40.4. The van der Waals surface area contributed by atoms with Crippen LogP contribution in [-0.2, 0) is 10.0 Å². The molecule has 0 aliphatic rings. The Labute approximate surface area is 128 Å². The lowest BCUT2D eigenvalue weighted by atomic mass is 10.1. The molecule has 0 aliphatic heterocycles. The van der Waals surface area contributed by atoms with Gasteiger partial charge >= 0.3 is 0 Å². The molecule has 3 N–H and O–H groups in total. The normalized spacial score (nSPS) is 13.4. The van der Waals surface area contributed by atoms with Crippen molar-refractivity contribution in [2.75, 3.05) is 5.73 Å². The lowest BCUT2D eigenvalue weighted by Gasteiger charge is -2.15. The topological polar surface area (TPSA) is 72.2 Å². The van der Waals surface area contributed by atoms with Gasteiger partial charge in [0, 0.05) is 6.04 Å². The number of nitrogens with two attached hydrogens (primary N) is 1. The molecule has 0 fully saturated rings. The van der Waals surface area contributed by atoms with E-state index in [2.05, 4.69) is 27.6 Å². The Balaban J connectivity index is 2.86. The first kappa shape index (κ1) is 17.4. The molecule has 0 aromatic heterocycles. The van der Waals surface area contributed by atoms with Gasteiger partial charge in [-0.15, -0.1) is 0 Å². The number of rotatable bonds is 7. The van der Waals surface area contributed by atoms with Crippen molar-refractivity contribution in [1.82, 2.24) is 4.72 Å². The minimum atomic E-state index is -3.74. The fourth-order valence-corrected chi connectivity index (χ4v) is 3.78. The fraction of sp³-hybridized carbons (Fsp3) is 0.538. The van der Waals surface area contributed by atoms with Gasteiger partial charge in [0.25, 0.3) is 0 Å². The largest absolute Gasteiger partial charge is 0.398 e. The average Bonchev–Trinajstić information content (AvgIpc) is 2.33. The molecule has 1 aromatic carbocycles. The number of sulfonamides is 1. The second-order valence-electron chi connectivity index (χ2n) is 4.82. The highest BCUT2D eigenvalue weighted by atomic mass is 79.9. The maximum absolute atomic E-state index is 13.3. The van der Waals surface area contributed by atoms with Crippen LogP contribution in [0.15, 0.2) is 21.5 Å². The molecule has 0 heterocycles. The number of anilines is 1. The molecule has 20 heavy (non-hydrogen) atoms. The molecule has 4 nitrogen and oxygen atoms in total. The number of hydrogen-bond acceptors (Lipinski definition) is 3. The third-order valence-electron chi connectivity index (χ3n) is 2.94. The lowest BCUT2D eigenvalue weighted by molar-refractivity contribution is 0.527. The first-order chi connectivity index (χ1) is 9.27. The van der Waals surface area contributed by atoms with Crippen molar-refractivity contribution in [3.63, 3.8) is 0 Å². The van der Waals surface area contributed by atoms with Gasteiger partial charge in [-0.05, 0) is 41.4 Å². The molecule has 0 saturated carbocycles. The molecule has 114 valence electrons. The number of nitrogens with one attached hydrogen (secondary N) is 1. The minimum absolute atomic E-state index is 0.0747. The summed E-state index contributed by atoms with van der Waals surface area (Å²) in [6.45, 7) is 3.90. The highest BCUT2D eigenvalue weighted by molar-refractivity contribution is 9.10. The summed E-state index contributed by atoms with van der Waals surface area (Å²) in [5.41, 5.74) is 5.50. The van der Waals surface area contributed by atoms with Crippen LogP contribution in [0.4, 0.5) is 10.1 Å². The molecule has 0 saturated heterocycles. The maximum atomic E-state index is 13.3. The Morgan fingerprint density at radius 1 is 1.40 bits per heavy atom. The highest BCUT2D eigenvalue weighted by Crippen LogP contribution is 2.26. The Morgan fingerprint density at radius 2 is 2.05 bits per heavy atom. The molecule has 0 radical (unpaired) electrons. The summed E-state index contributed by atoms with van der Waals surface area (Å²) >= 11 is 2.97. The Morgan fingerprint density at radius 3 is 2.65 bits per heavy atom. The second kappa shape index (κ2) is 7.38. The summed E-state index contributed by atoms with van der Waals surface area (Å²) in [4.78, 5) is -0.104. The van der Waals surface area contributed by atoms with Gasteiger partial charge in [0.1, 0.15) is 10.7 Å². The van der Waals surface area contributed by atoms with Crippen molar-refractivity contribution in [2.45, 2.75) is 50.5 Å². The van der Waals surface area contributed by atoms with Gasteiger partial charge < -0.3 is 5.73 Å². The zero-order valence-electron chi connectivity index (χ0n) is 11.6. The number of unbranched alkanes of at least 4 members (excludes halogenated alkanes) is 2. The van der Waals surface area contributed by atoms with Crippen molar-refractivity contribution in [2.24, 2.45) is 0 Å². The van der Waals surface area contributed by atoms with Gasteiger partial charge in [0.2, 0.25) is 10.0 Å². The Hall–Kier alpha value is -0.660. The molecule has 1 rings (SSSR count). The van der Waals surface area contributed by atoms with Crippen molar-refractivity contribution >= 4 is 31.6 Å². The average molecular weight is 367 g/mol. The van der Waals surface area contributed by atoms with E-state index in [1.165, 1.54) is 6.07 Å². The molecule has 1 unspecified atom stereocenters. The monoisotopic (exact) mass is 366 g/mol. The smallest absolute Gasteiger partial charge is 0.242 e. The molecular formula is C13H20BrFN2O2S. The van der Waals surface area contributed by atoms with Gasteiger partial charge in [0.15, 0.2) is 0 Å². The standard InChI is InChI=1S/C13H20BrFN2O2S/c1-3-4-5-6-9(2)17-20(18,19)13-7-10(14)11(15)8-12(13)16/h7-9,17H,3-6,16H2,1-2H3. The predicted octanol–water partition coefficient (Wildman–Crippen LogP) is 3.42. The van der Waals surface area contributed by atoms with Gasteiger partial charge in [-0.1, -0.05) is 26.2 Å². The van der Waals surface area contributed by atoms with Crippen LogP contribution < -0.4 is 10.5 Å². The van der Waals surface area contributed by atoms with Crippen molar-refractivity contribution in [3.8, 4) is 0 Å². The number of nitrogen functional groups attached to an aromatic ring is 1. The molecule has 0 amide bonds. The molecule has 7 heteroatoms. The van der Waals surface area contributed by atoms with E-state index in [9.17, 15) is 12.8 Å². The SMILES string of the molecule is CCCCCC(C)NS(=O)(=O)c1cc(Br)c(F)cc1N. The van der Waals surface area contributed by atoms with E-state index in [4.69, 9.17) is 5.73 Å². The number of benzene rings is 1. The van der Waals surface area contributed by atoms with Crippen LogP contribution in [0.3, 0.4) is 0 Å². The van der Waals surface area contributed by atoms with Crippen molar-refractivity contribution < 1.29 is 12.8 Å². The van der Waals surface area contributed by atoms with Crippen LogP contribution in [0, 0.1) is 5.82 Å². The molecular weight excluding hydrogens is 347 g/mol. The summed E-state index contributed by atoms with van der Waals surface area (Å²) in [7, 11) is -3.74. The predicted molar refractivity (Wildman–Crippen MR) is 82.4 cm³/mol. The highest BCUT2D eigenvalue weighted by Gasteiger charge is 2.21. The third kappa shape index (κ3) is 4.71. The summed E-state index contributed by atoms with van der Waals surface area (Å²) in [5.74, 6) is -0.586. The minimum Gasteiger partial charge on any atom is -0.398 e. The summed E-state index contributed by atoms with van der Waals surface area (Å²) in [5, 5.41) is 0. The van der Waals surface area contributed by atoms with Crippen molar-refractivity contribution in [3.05, 3.63) is 22.4 Å². The first-order valence-electron chi connectivity index (χ1n) is 6.54. The quantitative estimate of drug-likeness (QED) is 0.573. The van der Waals surface area contributed by atoms with Crippen LogP contribution in [0.25, 0.3) is 0 Å². The van der Waals surface area contributed by atoms with Crippen molar-refractivity contribution in [1.29, 1.82) is 0 Å². The van der Waals surface area contributed by atoms with E-state index in [0.29, 0.717) is 0 Å². The van der Waals surface area contributed by atoms with Gasteiger partial charge in [-0.25, -0.2) is 17.5 Å². The maximum Gasteiger partial charge on any atom is 0.242 e. The first-order valence-corrected chi connectivity index (χ1v) is 8.82. The van der Waals surface area contributed by atoms with Crippen LogP contribution in [0.1, 0.15) is 39.5 Å². The molecule has 0 spiro atoms. The zero-order valence-corrected chi connectivity index (χ0v) is 14.0. The Kier molecular flexibility index (Phi) is 6.42. The van der Waals surface area contributed by atoms with Gasteiger partial charge in [-0.2, -0.15) is 0 Å². The fourth-order valence-electron chi connectivity index (χ4n) is 1.86. The molecule has 1 atom stereocenters. The van der Waals surface area contributed by atoms with Crippen LogP contribution in [0.2, 0.25) is 0 Å². The summed E-state index contributed by atoms with van der Waals surface area (Å²) in [6, 6.07) is 2.00. The third-order valence-corrected chi connectivity index (χ3v) is 5.19. The van der Waals surface area contributed by atoms with E-state index in [1.54, 1.807) is 0 Å². The molecule has 0 aliphatic carbocycles. The van der Waals surface area contributed by atoms with Crippen LogP contribution in [-0.4, -0.2) is 14.5 Å². The zero-order chi connectivity index (χ0) is 15.3. The molecule has 1 aromatic rings. The number of halogens is 2. The lowest BCUT2D eigenvalue weighted by Crippen LogP contribution is -2.33. The van der Waals surface area contributed by atoms with E-state index in [1.807, 2.05) is 6.92 Å².